The largest absolute Gasteiger partial charge is 0.734 e. The van der Waals surface area contributed by atoms with Crippen molar-refractivity contribution in [2.45, 2.75) is 52.1 Å². The number of ether oxygens (including phenoxy) is 9. The van der Waals surface area contributed by atoms with Crippen molar-refractivity contribution in [2.75, 3.05) is 59.5 Å². The van der Waals surface area contributed by atoms with Crippen molar-refractivity contribution < 1.29 is 176 Å². The number of nitro groups is 27. The first-order chi connectivity index (χ1) is 57.7. The summed E-state index contributed by atoms with van der Waals surface area (Å²) in [5.41, 5.74) is 0. The van der Waals surface area contributed by atoms with Gasteiger partial charge < -0.3 is 42.6 Å². The van der Waals surface area contributed by atoms with Gasteiger partial charge in [-0.2, -0.15) is 0 Å². The van der Waals surface area contributed by atoms with Crippen LogP contribution in [0.25, 0.3) is 0 Å². The van der Waals surface area contributed by atoms with Gasteiger partial charge in [0.15, 0.2) is 133 Å². The average molecular weight is 1850 g/mol. The van der Waals surface area contributed by atoms with Crippen molar-refractivity contribution in [3.8, 4) is 54.1 Å². The number of nitrogens with zero attached hydrogens (tertiary/aromatic N) is 36. The zero-order chi connectivity index (χ0) is 98.4. The highest BCUT2D eigenvalue weighted by atomic mass is 16.8. The van der Waals surface area contributed by atoms with Gasteiger partial charge in [-0.3, -0.25) is 273 Å². The summed E-state index contributed by atoms with van der Waals surface area (Å²) < 4.78 is 39.0. The number of rotatable bonds is 54. The van der Waals surface area contributed by atoms with Gasteiger partial charge in [-0.05, 0) is 0 Å². The molecule has 0 unspecified atom stereocenters. The van der Waals surface area contributed by atoms with Crippen molar-refractivity contribution in [2.24, 2.45) is 0 Å². The molecule has 0 aromatic carbocycles. The fourth-order valence-electron chi connectivity index (χ4n) is 6.22. The van der Waals surface area contributed by atoms with Crippen molar-refractivity contribution in [1.82, 2.24) is 44.9 Å². The minimum absolute atomic E-state index is 1.66. The quantitative estimate of drug-likeness (QED) is 0.0288. The maximum Gasteiger partial charge on any atom is 0.734 e. The predicted octanol–water partition coefficient (Wildman–Crippen LogP) is -10.6. The van der Waals surface area contributed by atoms with Crippen molar-refractivity contribution in [3.63, 3.8) is 0 Å². The van der Waals surface area contributed by atoms with Crippen molar-refractivity contribution >= 4 is 0 Å². The molecule has 0 N–H and O–H groups in total. The number of hydrogen-bond acceptors (Lipinski definition) is 72. The lowest BCUT2D eigenvalue weighted by molar-refractivity contribution is -0.970. The molecule has 0 fully saturated rings. The second kappa shape index (κ2) is 39.1. The van der Waals surface area contributed by atoms with E-state index in [9.17, 15) is 273 Å². The first kappa shape index (κ1) is 103. The zero-order valence-electron chi connectivity index (χ0n) is 57.2. The van der Waals surface area contributed by atoms with E-state index < -0.39 is 299 Å². The molecule has 0 amide bonds. The highest BCUT2D eigenvalue weighted by Crippen LogP contribution is 2.28. The second-order valence-electron chi connectivity index (χ2n) is 20.1. The molecule has 0 aliphatic rings. The Morgan fingerprint density at radius 3 is 0.214 bits per heavy atom. The highest BCUT2D eigenvalue weighted by molar-refractivity contribution is 5.12. The van der Waals surface area contributed by atoms with Gasteiger partial charge in [-0.1, -0.05) is 0 Å². The summed E-state index contributed by atoms with van der Waals surface area (Å²) in [6.45, 7) is -20.1. The lowest BCUT2D eigenvalue weighted by atomic mass is 10.4. The van der Waals surface area contributed by atoms with Crippen LogP contribution in [0.2, 0.25) is 0 Å². The predicted molar refractivity (Wildman–Crippen MR) is 322 cm³/mol. The normalized spacial score (nSPS) is 11.4. The summed E-state index contributed by atoms with van der Waals surface area (Å²) in [5, 5.41) is 298. The first-order valence-corrected chi connectivity index (χ1v) is 27.5. The van der Waals surface area contributed by atoms with Crippen LogP contribution in [0.4, 0.5) is 0 Å². The molecule has 0 atom stereocenters. The van der Waals surface area contributed by atoms with Gasteiger partial charge in [0.25, 0.3) is 0 Å². The molecule has 126 heavy (non-hydrogen) atoms. The Kier molecular flexibility index (Phi) is 32.0. The maximum atomic E-state index is 11.0. The van der Waals surface area contributed by atoms with E-state index in [1.165, 1.54) is 0 Å². The molecular formula is C27H18N36O63. The standard InChI is InChI=1S/3C9H6N12O21/c3*22-13(23)7(14(24)25,15(26)27)1-40-4-10-5(41-2-8(16(28)29,17(30)31)18(32)33)12-6(11-4)42-3-9(19(34)35,20(36)37)21(38)39/h3*1-3H2. The molecule has 99 heteroatoms. The van der Waals surface area contributed by atoms with Crippen LogP contribution in [-0.4, -0.2) is 289 Å². The Labute approximate surface area is 659 Å². The zero-order valence-corrected chi connectivity index (χ0v) is 57.2. The second-order valence-corrected chi connectivity index (χ2v) is 20.1. The SMILES string of the molecule is O=[N+]([O-])C(COc1nc(OCC([N+](=O)[O-])([N+](=O)[O-])[N+](=O)[O-])nc(OCC([N+](=O)[O-])([N+](=O)[O-])[N+](=O)[O-])n1)([N+](=O)[O-])[N+](=O)[O-].O=[N+]([O-])C(COc1nc(OCC([N+](=O)[O-])([N+](=O)[O-])[N+](=O)[O-])nc(OCC([N+](=O)[O-])([N+](=O)[O-])[N+](=O)[O-])n1)([N+](=O)[O-])[N+](=O)[O-].O=[N+]([O-])C(COc1nc(OCC([N+](=O)[O-])([N+](=O)[O-])[N+](=O)[O-])nc(OCC([N+](=O)[O-])([N+](=O)[O-])[N+](=O)[O-])n1)([N+](=O)[O-])[N+](=O)[O-]. The van der Waals surface area contributed by atoms with Crippen LogP contribution >= 0.6 is 0 Å². The van der Waals surface area contributed by atoms with Crippen LogP contribution < -0.4 is 42.6 Å². The summed E-state index contributed by atoms with van der Waals surface area (Å²) in [6, 6.07) is -14.9. The van der Waals surface area contributed by atoms with Crippen LogP contribution in [0.5, 0.6) is 54.1 Å². The molecule has 3 rings (SSSR count). The molecule has 3 aromatic rings. The molecule has 684 valence electrons. The van der Waals surface area contributed by atoms with Crippen molar-refractivity contribution in [1.29, 1.82) is 0 Å². The van der Waals surface area contributed by atoms with Gasteiger partial charge >= 0.3 is 166 Å². The summed E-state index contributed by atoms with van der Waals surface area (Å²) >= 11 is 0. The molecule has 99 nitrogen and oxygen atoms in total. The monoisotopic (exact) mass is 1850 g/mol. The maximum absolute atomic E-state index is 11.0. The third-order valence-electron chi connectivity index (χ3n) is 13.2. The third kappa shape index (κ3) is 20.1. The summed E-state index contributed by atoms with van der Waals surface area (Å²) in [4.78, 5) is 268. The molecule has 0 bridgehead atoms. The van der Waals surface area contributed by atoms with E-state index in [2.05, 4.69) is 87.5 Å². The fraction of sp³-hybridized carbons (Fsp3) is 0.667. The Bertz CT molecular complexity index is 3770. The minimum atomic E-state index is -4.40. The van der Waals surface area contributed by atoms with Gasteiger partial charge in [0.05, 0.1) is 0 Å². The van der Waals surface area contributed by atoms with Gasteiger partial charge in [0, 0.05) is 0 Å². The van der Waals surface area contributed by atoms with Crippen LogP contribution in [-0.2, 0) is 0 Å². The summed E-state index contributed by atoms with van der Waals surface area (Å²) in [6.07, 6.45) is 0. The van der Waals surface area contributed by atoms with E-state index in [1.807, 2.05) is 0 Å². The van der Waals surface area contributed by atoms with Gasteiger partial charge in [-0.25, -0.2) is 0 Å². The first-order valence-electron chi connectivity index (χ1n) is 27.5. The Morgan fingerprint density at radius 2 is 0.175 bits per heavy atom. The van der Waals surface area contributed by atoms with Crippen molar-refractivity contribution in [3.05, 3.63) is 273 Å². The molecule has 3 aromatic heterocycles. The highest BCUT2D eigenvalue weighted by Gasteiger charge is 2.79. The fourth-order valence-corrected chi connectivity index (χ4v) is 6.22. The van der Waals surface area contributed by atoms with Crippen LogP contribution in [0.15, 0.2) is 0 Å². The van der Waals surface area contributed by atoms with Gasteiger partial charge in [0.1, 0.15) is 0 Å². The van der Waals surface area contributed by atoms with Crippen LogP contribution in [0.1, 0.15) is 0 Å². The Morgan fingerprint density at radius 1 is 0.127 bits per heavy atom. The summed E-state index contributed by atoms with van der Waals surface area (Å²) in [7, 11) is 0. The van der Waals surface area contributed by atoms with Gasteiger partial charge in [0.2, 0.25) is 0 Å². The number of aromatic nitrogens is 9. The van der Waals surface area contributed by atoms with Crippen LogP contribution in [0.3, 0.4) is 0 Å². The van der Waals surface area contributed by atoms with E-state index >= 15 is 0 Å². The molecule has 0 saturated heterocycles. The van der Waals surface area contributed by atoms with E-state index in [-0.39, 0.29) is 0 Å². The van der Waals surface area contributed by atoms with Crippen LogP contribution in [0, 0.1) is 273 Å². The molecular weight excluding hydrogens is 1840 g/mol. The Balaban J connectivity index is 0.000000945. The Hall–Kier alpha value is -21.0. The topological polar surface area (TPSA) is 1360 Å². The van der Waals surface area contributed by atoms with Gasteiger partial charge in [-0.15, -0.1) is 44.9 Å². The lowest BCUT2D eigenvalue weighted by Crippen LogP contribution is -2.58. The lowest BCUT2D eigenvalue weighted by Gasteiger charge is -2.12. The van der Waals surface area contributed by atoms with E-state index in [1.54, 1.807) is 0 Å². The summed E-state index contributed by atoms with van der Waals surface area (Å²) in [5.74, 6) is -39.6. The van der Waals surface area contributed by atoms with E-state index in [0.717, 1.165) is 0 Å². The average Bonchev–Trinajstić information content (AvgIpc) is 0.735. The molecule has 0 aliphatic heterocycles. The molecule has 0 aliphatic carbocycles. The smallest absolute Gasteiger partial charge is 0.438 e. The molecule has 0 saturated carbocycles. The van der Waals surface area contributed by atoms with E-state index in [0.29, 0.717) is 0 Å². The minimum Gasteiger partial charge on any atom is -0.438 e. The molecule has 0 radical (unpaired) electrons. The number of hydrogen-bond donors (Lipinski definition) is 0. The molecule has 3 heterocycles. The molecule has 0 spiro atoms. The van der Waals surface area contributed by atoms with E-state index in [4.69, 9.17) is 0 Å². The third-order valence-corrected chi connectivity index (χ3v) is 13.2.